The predicted octanol–water partition coefficient (Wildman–Crippen LogP) is 4.28. The van der Waals surface area contributed by atoms with Gasteiger partial charge in [-0.25, -0.2) is 0 Å². The molecule has 2 aromatic rings. The first-order valence-electron chi connectivity index (χ1n) is 5.02. The predicted molar refractivity (Wildman–Crippen MR) is 75.8 cm³/mol. The summed E-state index contributed by atoms with van der Waals surface area (Å²) in [6.07, 6.45) is 1.66. The van der Waals surface area contributed by atoms with E-state index in [1.165, 1.54) is 11.3 Å². The van der Waals surface area contributed by atoms with E-state index in [1.54, 1.807) is 10.9 Å². The van der Waals surface area contributed by atoms with E-state index in [9.17, 15) is 4.79 Å². The SMILES string of the molecule is CC(C)n1ncc(Br)c1C(=O)c1csc(Br)c1. The highest BCUT2D eigenvalue weighted by Gasteiger charge is 2.21. The summed E-state index contributed by atoms with van der Waals surface area (Å²) >= 11 is 8.24. The first-order chi connectivity index (χ1) is 8.00. The monoisotopic (exact) mass is 376 g/mol. The second-order valence-electron chi connectivity index (χ2n) is 3.85. The highest BCUT2D eigenvalue weighted by Crippen LogP contribution is 2.26. The normalized spacial score (nSPS) is 11.1. The molecule has 0 aliphatic heterocycles. The maximum atomic E-state index is 12.4. The van der Waals surface area contributed by atoms with Crippen LogP contribution in [0, 0.1) is 0 Å². The van der Waals surface area contributed by atoms with Crippen molar-refractivity contribution in [3.63, 3.8) is 0 Å². The van der Waals surface area contributed by atoms with E-state index in [-0.39, 0.29) is 11.8 Å². The second-order valence-corrected chi connectivity index (χ2v) is 6.99. The highest BCUT2D eigenvalue weighted by atomic mass is 79.9. The van der Waals surface area contributed by atoms with Crippen molar-refractivity contribution in [3.05, 3.63) is 37.2 Å². The van der Waals surface area contributed by atoms with E-state index in [4.69, 9.17) is 0 Å². The van der Waals surface area contributed by atoms with Crippen LogP contribution in [0.3, 0.4) is 0 Å². The molecule has 0 spiro atoms. The third-order valence-electron chi connectivity index (χ3n) is 2.28. The van der Waals surface area contributed by atoms with Gasteiger partial charge in [0.05, 0.1) is 14.5 Å². The molecule has 0 saturated carbocycles. The van der Waals surface area contributed by atoms with Gasteiger partial charge in [0.25, 0.3) is 0 Å². The van der Waals surface area contributed by atoms with Crippen molar-refractivity contribution in [2.75, 3.05) is 0 Å². The standard InChI is InChI=1S/C11H10Br2N2OS/c1-6(2)15-10(8(12)4-14-15)11(16)7-3-9(13)17-5-7/h3-6H,1-2H3. The van der Waals surface area contributed by atoms with Crippen LogP contribution in [0.25, 0.3) is 0 Å². The Morgan fingerprint density at radius 1 is 1.47 bits per heavy atom. The fourth-order valence-corrected chi connectivity index (χ4v) is 3.10. The van der Waals surface area contributed by atoms with Gasteiger partial charge in [0.2, 0.25) is 5.78 Å². The molecule has 0 aliphatic carbocycles. The lowest BCUT2D eigenvalue weighted by Gasteiger charge is -2.09. The average Bonchev–Trinajstić information content (AvgIpc) is 2.83. The van der Waals surface area contributed by atoms with E-state index in [1.807, 2.05) is 25.3 Å². The van der Waals surface area contributed by atoms with Crippen molar-refractivity contribution in [2.45, 2.75) is 19.9 Å². The number of halogens is 2. The van der Waals surface area contributed by atoms with E-state index in [0.29, 0.717) is 11.3 Å². The molecule has 3 nitrogen and oxygen atoms in total. The van der Waals surface area contributed by atoms with Gasteiger partial charge in [0, 0.05) is 17.0 Å². The molecule has 0 N–H and O–H groups in total. The van der Waals surface area contributed by atoms with Crippen molar-refractivity contribution < 1.29 is 4.79 Å². The van der Waals surface area contributed by atoms with Gasteiger partial charge in [-0.15, -0.1) is 11.3 Å². The third kappa shape index (κ3) is 2.53. The number of hydrogen-bond acceptors (Lipinski definition) is 3. The topological polar surface area (TPSA) is 34.9 Å². The largest absolute Gasteiger partial charge is 0.287 e. The molecular formula is C11H10Br2N2OS. The van der Waals surface area contributed by atoms with Gasteiger partial charge < -0.3 is 0 Å². The zero-order valence-electron chi connectivity index (χ0n) is 9.28. The number of ketones is 1. The minimum Gasteiger partial charge on any atom is -0.287 e. The summed E-state index contributed by atoms with van der Waals surface area (Å²) in [6, 6.07) is 1.99. The Balaban J connectivity index is 2.47. The number of hydrogen-bond donors (Lipinski definition) is 0. The quantitative estimate of drug-likeness (QED) is 0.748. The minimum absolute atomic E-state index is 0.00924. The molecule has 0 bridgehead atoms. The molecule has 0 aromatic carbocycles. The molecule has 0 unspecified atom stereocenters. The molecule has 0 saturated heterocycles. The Hall–Kier alpha value is -0.460. The third-order valence-corrected chi connectivity index (χ3v) is 4.37. The van der Waals surface area contributed by atoms with Gasteiger partial charge in [0.15, 0.2) is 0 Å². The van der Waals surface area contributed by atoms with Gasteiger partial charge in [-0.1, -0.05) is 0 Å². The average molecular weight is 378 g/mol. The van der Waals surface area contributed by atoms with Gasteiger partial charge in [-0.2, -0.15) is 5.10 Å². The van der Waals surface area contributed by atoms with E-state index in [2.05, 4.69) is 37.0 Å². The van der Waals surface area contributed by atoms with Crippen LogP contribution in [-0.4, -0.2) is 15.6 Å². The maximum absolute atomic E-state index is 12.4. The number of nitrogens with zero attached hydrogens (tertiary/aromatic N) is 2. The van der Waals surface area contributed by atoms with Crippen molar-refractivity contribution >= 4 is 49.0 Å². The van der Waals surface area contributed by atoms with Crippen LogP contribution in [-0.2, 0) is 0 Å². The molecule has 90 valence electrons. The summed E-state index contributed by atoms with van der Waals surface area (Å²) in [4.78, 5) is 12.4. The van der Waals surface area contributed by atoms with E-state index >= 15 is 0 Å². The fourth-order valence-electron chi connectivity index (χ4n) is 1.51. The summed E-state index contributed by atoms with van der Waals surface area (Å²) in [5.74, 6) is -0.00924. The van der Waals surface area contributed by atoms with Crippen LogP contribution >= 0.6 is 43.2 Å². The van der Waals surface area contributed by atoms with Crippen molar-refractivity contribution in [1.82, 2.24) is 9.78 Å². The number of rotatable bonds is 3. The summed E-state index contributed by atoms with van der Waals surface area (Å²) < 4.78 is 3.42. The zero-order valence-corrected chi connectivity index (χ0v) is 13.3. The second kappa shape index (κ2) is 5.04. The van der Waals surface area contributed by atoms with Gasteiger partial charge in [0.1, 0.15) is 5.69 Å². The van der Waals surface area contributed by atoms with Gasteiger partial charge in [-0.05, 0) is 51.8 Å². The molecule has 0 aliphatic rings. The van der Waals surface area contributed by atoms with Crippen LogP contribution in [0.5, 0.6) is 0 Å². The lowest BCUT2D eigenvalue weighted by Crippen LogP contribution is -2.13. The molecular weight excluding hydrogens is 368 g/mol. The number of thiophene rings is 1. The van der Waals surface area contributed by atoms with Crippen molar-refractivity contribution in [2.24, 2.45) is 0 Å². The molecule has 2 heterocycles. The summed E-state index contributed by atoms with van der Waals surface area (Å²) in [7, 11) is 0. The van der Waals surface area contributed by atoms with Gasteiger partial charge >= 0.3 is 0 Å². The lowest BCUT2D eigenvalue weighted by atomic mass is 10.1. The summed E-state index contributed by atoms with van der Waals surface area (Å²) in [5.41, 5.74) is 1.29. The first-order valence-corrected chi connectivity index (χ1v) is 7.49. The zero-order chi connectivity index (χ0) is 12.6. The van der Waals surface area contributed by atoms with Crippen molar-refractivity contribution in [3.8, 4) is 0 Å². The molecule has 0 radical (unpaired) electrons. The van der Waals surface area contributed by atoms with Crippen LogP contribution in [0.2, 0.25) is 0 Å². The Bertz CT molecular complexity index is 560. The highest BCUT2D eigenvalue weighted by molar-refractivity contribution is 9.11. The minimum atomic E-state index is -0.00924. The summed E-state index contributed by atoms with van der Waals surface area (Å²) in [6.45, 7) is 4.00. The Morgan fingerprint density at radius 2 is 2.18 bits per heavy atom. The molecule has 2 aromatic heterocycles. The van der Waals surface area contributed by atoms with Crippen molar-refractivity contribution in [1.29, 1.82) is 0 Å². The molecule has 2 rings (SSSR count). The smallest absolute Gasteiger partial charge is 0.213 e. The lowest BCUT2D eigenvalue weighted by molar-refractivity contribution is 0.102. The van der Waals surface area contributed by atoms with Crippen LogP contribution in [0.4, 0.5) is 0 Å². The van der Waals surface area contributed by atoms with Crippen LogP contribution in [0.1, 0.15) is 35.9 Å². The molecule has 17 heavy (non-hydrogen) atoms. The Morgan fingerprint density at radius 3 is 2.71 bits per heavy atom. The Kier molecular flexibility index (Phi) is 3.85. The summed E-state index contributed by atoms with van der Waals surface area (Å²) in [5, 5.41) is 6.05. The van der Waals surface area contributed by atoms with E-state index < -0.39 is 0 Å². The molecule has 0 amide bonds. The molecule has 0 atom stereocenters. The fraction of sp³-hybridized carbons (Fsp3) is 0.273. The maximum Gasteiger partial charge on any atom is 0.213 e. The number of carbonyl (C=O) groups excluding carboxylic acids is 1. The van der Waals surface area contributed by atoms with Crippen LogP contribution in [0.15, 0.2) is 25.9 Å². The first kappa shape index (κ1) is 13.0. The molecule has 6 heteroatoms. The Labute approximate surface area is 120 Å². The number of aromatic nitrogens is 2. The van der Waals surface area contributed by atoms with E-state index in [0.717, 1.165) is 8.26 Å². The number of carbonyl (C=O) groups is 1. The van der Waals surface area contributed by atoms with Crippen LogP contribution < -0.4 is 0 Å². The molecule has 0 fully saturated rings. The van der Waals surface area contributed by atoms with Gasteiger partial charge in [-0.3, -0.25) is 9.48 Å².